The molecule has 0 saturated heterocycles. The molecule has 1 N–H and O–H groups in total. The van der Waals surface area contributed by atoms with Crippen LogP contribution in [0.25, 0.3) is 0 Å². The molecule has 0 aliphatic heterocycles. The standard InChI is InChI=1S/C14H17N3OS/c1-9-16-17-14(19-9)15-13(10-3-4-10)11-5-7-12(18-2)8-6-11/h5-8,10,13H,3-4H2,1-2H3,(H,15,17). The minimum atomic E-state index is 0.332. The van der Waals surface area contributed by atoms with Gasteiger partial charge in [-0.2, -0.15) is 0 Å². The zero-order valence-electron chi connectivity index (χ0n) is 11.1. The topological polar surface area (TPSA) is 47.0 Å². The largest absolute Gasteiger partial charge is 0.497 e. The maximum atomic E-state index is 5.21. The molecule has 4 nitrogen and oxygen atoms in total. The van der Waals surface area contributed by atoms with Gasteiger partial charge in [0.05, 0.1) is 13.2 Å². The first kappa shape index (κ1) is 12.4. The molecule has 1 fully saturated rings. The number of hydrogen-bond donors (Lipinski definition) is 1. The van der Waals surface area contributed by atoms with Gasteiger partial charge in [0.15, 0.2) is 0 Å². The van der Waals surface area contributed by atoms with E-state index in [1.165, 1.54) is 18.4 Å². The molecule has 1 aromatic carbocycles. The van der Waals surface area contributed by atoms with Crippen LogP contribution >= 0.6 is 11.3 Å². The zero-order chi connectivity index (χ0) is 13.2. The fraction of sp³-hybridized carbons (Fsp3) is 0.429. The highest BCUT2D eigenvalue weighted by molar-refractivity contribution is 7.15. The van der Waals surface area contributed by atoms with Crippen LogP contribution < -0.4 is 10.1 Å². The van der Waals surface area contributed by atoms with E-state index < -0.39 is 0 Å². The van der Waals surface area contributed by atoms with Gasteiger partial charge in [-0.15, -0.1) is 10.2 Å². The Morgan fingerprint density at radius 3 is 2.53 bits per heavy atom. The molecule has 1 unspecified atom stereocenters. The van der Waals surface area contributed by atoms with Crippen molar-refractivity contribution in [2.45, 2.75) is 25.8 Å². The van der Waals surface area contributed by atoms with Gasteiger partial charge in [-0.25, -0.2) is 0 Å². The van der Waals surface area contributed by atoms with Gasteiger partial charge in [0, 0.05) is 0 Å². The van der Waals surface area contributed by atoms with Gasteiger partial charge in [-0.1, -0.05) is 23.5 Å². The van der Waals surface area contributed by atoms with Crippen LogP contribution in [0.1, 0.15) is 29.5 Å². The van der Waals surface area contributed by atoms with E-state index in [4.69, 9.17) is 4.74 Å². The van der Waals surface area contributed by atoms with Crippen LogP contribution in [0.4, 0.5) is 5.13 Å². The van der Waals surface area contributed by atoms with Crippen LogP contribution in [0.15, 0.2) is 24.3 Å². The molecule has 3 rings (SSSR count). The number of anilines is 1. The molecule has 1 aliphatic rings. The molecule has 0 amide bonds. The molecular formula is C14H17N3OS. The molecule has 1 atom stereocenters. The molecule has 5 heteroatoms. The first-order chi connectivity index (χ1) is 9.26. The van der Waals surface area contributed by atoms with Crippen LogP contribution in [0, 0.1) is 12.8 Å². The van der Waals surface area contributed by atoms with E-state index in [1.807, 2.05) is 19.1 Å². The molecule has 0 bridgehead atoms. The zero-order valence-corrected chi connectivity index (χ0v) is 11.9. The third-order valence-electron chi connectivity index (χ3n) is 3.37. The smallest absolute Gasteiger partial charge is 0.206 e. The lowest BCUT2D eigenvalue weighted by atomic mass is 10.0. The fourth-order valence-electron chi connectivity index (χ4n) is 2.20. The third kappa shape index (κ3) is 2.87. The van der Waals surface area contributed by atoms with Crippen molar-refractivity contribution >= 4 is 16.5 Å². The van der Waals surface area contributed by atoms with Crippen LogP contribution in [0.2, 0.25) is 0 Å². The van der Waals surface area contributed by atoms with Crippen molar-refractivity contribution < 1.29 is 4.74 Å². The average Bonchev–Trinajstić information content (AvgIpc) is 3.20. The van der Waals surface area contributed by atoms with Crippen molar-refractivity contribution in [2.75, 3.05) is 12.4 Å². The number of aryl methyl sites for hydroxylation is 1. The molecule has 1 saturated carbocycles. The SMILES string of the molecule is COc1ccc(C(Nc2nnc(C)s2)C2CC2)cc1. The molecule has 2 aromatic rings. The van der Waals surface area contributed by atoms with E-state index in [2.05, 4.69) is 27.6 Å². The van der Waals surface area contributed by atoms with Gasteiger partial charge >= 0.3 is 0 Å². The van der Waals surface area contributed by atoms with Crippen LogP contribution in [0.5, 0.6) is 5.75 Å². The van der Waals surface area contributed by atoms with Crippen molar-refractivity contribution in [3.8, 4) is 5.75 Å². The number of nitrogens with one attached hydrogen (secondary N) is 1. The highest BCUT2D eigenvalue weighted by Crippen LogP contribution is 2.43. The maximum absolute atomic E-state index is 5.21. The van der Waals surface area contributed by atoms with E-state index in [0.717, 1.165) is 15.9 Å². The minimum Gasteiger partial charge on any atom is -0.497 e. The lowest BCUT2D eigenvalue weighted by Crippen LogP contribution is -2.12. The minimum absolute atomic E-state index is 0.332. The van der Waals surface area contributed by atoms with Crippen LogP contribution in [0.3, 0.4) is 0 Å². The van der Waals surface area contributed by atoms with E-state index in [-0.39, 0.29) is 0 Å². The lowest BCUT2D eigenvalue weighted by molar-refractivity contribution is 0.414. The number of rotatable bonds is 5. The van der Waals surface area contributed by atoms with Gasteiger partial charge < -0.3 is 10.1 Å². The molecule has 100 valence electrons. The summed E-state index contributed by atoms with van der Waals surface area (Å²) in [5, 5.41) is 13.6. The van der Waals surface area contributed by atoms with Crippen molar-refractivity contribution in [1.29, 1.82) is 0 Å². The van der Waals surface area contributed by atoms with Gasteiger partial charge in [-0.3, -0.25) is 0 Å². The quantitative estimate of drug-likeness (QED) is 0.908. The van der Waals surface area contributed by atoms with Crippen molar-refractivity contribution in [3.05, 3.63) is 34.8 Å². The fourth-order valence-corrected chi connectivity index (χ4v) is 2.83. The van der Waals surface area contributed by atoms with Crippen molar-refractivity contribution in [3.63, 3.8) is 0 Å². The molecule has 0 spiro atoms. The summed E-state index contributed by atoms with van der Waals surface area (Å²) in [5.41, 5.74) is 1.29. The van der Waals surface area contributed by atoms with Gasteiger partial charge in [0.25, 0.3) is 0 Å². The van der Waals surface area contributed by atoms with E-state index >= 15 is 0 Å². The third-order valence-corrected chi connectivity index (χ3v) is 4.14. The second-order valence-electron chi connectivity index (χ2n) is 4.86. The Labute approximate surface area is 116 Å². The summed E-state index contributed by atoms with van der Waals surface area (Å²) >= 11 is 1.61. The van der Waals surface area contributed by atoms with Crippen LogP contribution in [-0.4, -0.2) is 17.3 Å². The normalized spacial score (nSPS) is 16.1. The summed E-state index contributed by atoms with van der Waals surface area (Å²) in [5.74, 6) is 1.60. The average molecular weight is 275 g/mol. The lowest BCUT2D eigenvalue weighted by Gasteiger charge is -2.18. The first-order valence-electron chi connectivity index (χ1n) is 6.47. The predicted molar refractivity (Wildman–Crippen MR) is 76.7 cm³/mol. The number of hydrogen-bond acceptors (Lipinski definition) is 5. The summed E-state index contributed by atoms with van der Waals surface area (Å²) in [7, 11) is 1.69. The summed E-state index contributed by atoms with van der Waals surface area (Å²) < 4.78 is 5.21. The molecule has 19 heavy (non-hydrogen) atoms. The predicted octanol–water partition coefficient (Wildman–Crippen LogP) is 3.42. The summed E-state index contributed by atoms with van der Waals surface area (Å²) in [6.45, 7) is 1.97. The highest BCUT2D eigenvalue weighted by atomic mass is 32.1. The molecule has 1 heterocycles. The Kier molecular flexibility index (Phi) is 3.38. The van der Waals surface area contributed by atoms with E-state index in [0.29, 0.717) is 12.0 Å². The Morgan fingerprint density at radius 1 is 1.26 bits per heavy atom. The van der Waals surface area contributed by atoms with Crippen molar-refractivity contribution in [2.24, 2.45) is 5.92 Å². The summed E-state index contributed by atoms with van der Waals surface area (Å²) in [6.07, 6.45) is 2.56. The maximum Gasteiger partial charge on any atom is 0.206 e. The highest BCUT2D eigenvalue weighted by Gasteiger charge is 2.32. The van der Waals surface area contributed by atoms with E-state index in [1.54, 1.807) is 18.4 Å². The second-order valence-corrected chi connectivity index (χ2v) is 6.04. The van der Waals surface area contributed by atoms with Crippen LogP contribution in [-0.2, 0) is 0 Å². The van der Waals surface area contributed by atoms with Crippen molar-refractivity contribution in [1.82, 2.24) is 10.2 Å². The molecule has 1 aliphatic carbocycles. The summed E-state index contributed by atoms with van der Waals surface area (Å²) in [6, 6.07) is 8.61. The van der Waals surface area contributed by atoms with E-state index in [9.17, 15) is 0 Å². The first-order valence-corrected chi connectivity index (χ1v) is 7.28. The van der Waals surface area contributed by atoms with Gasteiger partial charge in [0.2, 0.25) is 5.13 Å². The number of nitrogens with zero attached hydrogens (tertiary/aromatic N) is 2. The summed E-state index contributed by atoms with van der Waals surface area (Å²) in [4.78, 5) is 0. The Balaban J connectivity index is 1.79. The van der Waals surface area contributed by atoms with Gasteiger partial charge in [0.1, 0.15) is 10.8 Å². The second kappa shape index (κ2) is 5.17. The molecule has 1 aromatic heterocycles. The number of aromatic nitrogens is 2. The van der Waals surface area contributed by atoms with Gasteiger partial charge in [-0.05, 0) is 43.4 Å². The number of benzene rings is 1. The monoisotopic (exact) mass is 275 g/mol. The number of ether oxygens (including phenoxy) is 1. The Bertz CT molecular complexity index is 548. The molecular weight excluding hydrogens is 258 g/mol. The molecule has 0 radical (unpaired) electrons. The Hall–Kier alpha value is -1.62. The number of methoxy groups -OCH3 is 1. The Morgan fingerprint density at radius 2 is 2.00 bits per heavy atom.